The highest BCUT2D eigenvalue weighted by atomic mass is 16.3. The number of benzene rings is 7. The highest BCUT2D eigenvalue weighted by Crippen LogP contribution is 2.43. The van der Waals surface area contributed by atoms with Gasteiger partial charge in [-0.3, -0.25) is 9.97 Å². The Labute approximate surface area is 292 Å². The first-order chi connectivity index (χ1) is 25.3. The Balaban J connectivity index is 1.11. The lowest BCUT2D eigenvalue weighted by atomic mass is 9.90. The molecule has 4 heterocycles. The largest absolute Gasteiger partial charge is 0.455 e. The highest BCUT2D eigenvalue weighted by Gasteiger charge is 2.18. The SMILES string of the molecule is c1cc(-c2ccc(-c3ccnc4c3ccc3cccnc34)c3ccccc23)cc(-c2nc3ccccc3c3c2ccc2c4ccccc4oc23)c1. The molecule has 51 heavy (non-hydrogen) atoms. The van der Waals surface area contributed by atoms with Crippen molar-refractivity contribution in [1.29, 1.82) is 0 Å². The maximum atomic E-state index is 6.57. The fraction of sp³-hybridized carbons (Fsp3) is 0. The van der Waals surface area contributed by atoms with E-state index in [4.69, 9.17) is 14.4 Å². The normalized spacial score (nSPS) is 11.9. The highest BCUT2D eigenvalue weighted by molar-refractivity contribution is 6.24. The van der Waals surface area contributed by atoms with Crippen molar-refractivity contribution in [2.75, 3.05) is 0 Å². The Hall–Kier alpha value is -6.91. The minimum atomic E-state index is 0.893. The first-order valence-electron chi connectivity index (χ1n) is 17.2. The standard InChI is InChI=1S/C47H27N3O/c1-2-13-33-32(12-1)31(20-21-34(33)35-24-26-49-46-37(35)19-18-28-11-8-25-48-45(28)46)29-9-7-10-30(27-29)44-40-23-22-38-36-14-4-6-17-42(36)51-47(38)43(40)39-15-3-5-16-41(39)50-44/h1-27H. The smallest absolute Gasteiger partial charge is 0.144 e. The summed E-state index contributed by atoms with van der Waals surface area (Å²) in [5, 5.41) is 10.1. The van der Waals surface area contributed by atoms with Crippen molar-refractivity contribution < 1.29 is 4.42 Å². The van der Waals surface area contributed by atoms with E-state index in [1.807, 2.05) is 30.6 Å². The first kappa shape index (κ1) is 28.0. The zero-order chi connectivity index (χ0) is 33.5. The van der Waals surface area contributed by atoms with Crippen LogP contribution in [0.4, 0.5) is 0 Å². The summed E-state index contributed by atoms with van der Waals surface area (Å²) in [5.74, 6) is 0. The van der Waals surface area contributed by atoms with Gasteiger partial charge in [-0.1, -0.05) is 115 Å². The molecule has 0 fully saturated rings. The molecule has 0 radical (unpaired) electrons. The summed E-state index contributed by atoms with van der Waals surface area (Å²) in [7, 11) is 0. The Morgan fingerprint density at radius 1 is 0.412 bits per heavy atom. The number of furan rings is 1. The molecule has 0 unspecified atom stereocenters. The molecule has 0 atom stereocenters. The second-order valence-corrected chi connectivity index (χ2v) is 13.1. The lowest BCUT2D eigenvalue weighted by molar-refractivity contribution is 0.673. The molecule has 0 amide bonds. The van der Waals surface area contributed by atoms with Gasteiger partial charge in [0.05, 0.1) is 22.2 Å². The molecule has 4 heteroatoms. The molecule has 0 bridgehead atoms. The molecule has 11 aromatic rings. The van der Waals surface area contributed by atoms with Gasteiger partial charge >= 0.3 is 0 Å². The second kappa shape index (κ2) is 10.8. The van der Waals surface area contributed by atoms with Crippen LogP contribution in [0.15, 0.2) is 168 Å². The Morgan fingerprint density at radius 3 is 2.04 bits per heavy atom. The van der Waals surface area contributed by atoms with E-state index in [0.717, 1.165) is 87.8 Å². The predicted molar refractivity (Wildman–Crippen MR) is 211 cm³/mol. The van der Waals surface area contributed by atoms with Gasteiger partial charge in [-0.2, -0.15) is 0 Å². The van der Waals surface area contributed by atoms with Crippen LogP contribution < -0.4 is 0 Å². The number of nitrogens with zero attached hydrogens (tertiary/aromatic N) is 3. The van der Waals surface area contributed by atoms with Gasteiger partial charge in [0, 0.05) is 55.7 Å². The minimum Gasteiger partial charge on any atom is -0.455 e. The third-order valence-electron chi connectivity index (χ3n) is 10.4. The van der Waals surface area contributed by atoms with Crippen LogP contribution in [0.2, 0.25) is 0 Å². The van der Waals surface area contributed by atoms with E-state index in [0.29, 0.717) is 0 Å². The number of fused-ring (bicyclic) bond motifs is 11. The molecule has 0 spiro atoms. The fourth-order valence-corrected chi connectivity index (χ4v) is 8.05. The van der Waals surface area contributed by atoms with Crippen molar-refractivity contribution in [1.82, 2.24) is 15.0 Å². The second-order valence-electron chi connectivity index (χ2n) is 13.1. The summed E-state index contributed by atoms with van der Waals surface area (Å²) in [6, 6.07) is 53.5. The average Bonchev–Trinajstić information content (AvgIpc) is 3.59. The number of pyridine rings is 3. The predicted octanol–water partition coefficient (Wildman–Crippen LogP) is 12.5. The van der Waals surface area contributed by atoms with Gasteiger partial charge in [0.15, 0.2) is 0 Å². The van der Waals surface area contributed by atoms with Crippen LogP contribution in [0.3, 0.4) is 0 Å². The van der Waals surface area contributed by atoms with E-state index in [1.54, 1.807) is 0 Å². The third-order valence-corrected chi connectivity index (χ3v) is 10.4. The lowest BCUT2D eigenvalue weighted by Gasteiger charge is -2.15. The maximum absolute atomic E-state index is 6.57. The van der Waals surface area contributed by atoms with E-state index >= 15 is 0 Å². The van der Waals surface area contributed by atoms with Gasteiger partial charge in [-0.25, -0.2) is 4.98 Å². The fourth-order valence-electron chi connectivity index (χ4n) is 8.05. The monoisotopic (exact) mass is 649 g/mol. The zero-order valence-corrected chi connectivity index (χ0v) is 27.3. The Morgan fingerprint density at radius 2 is 1.12 bits per heavy atom. The van der Waals surface area contributed by atoms with Gasteiger partial charge < -0.3 is 4.42 Å². The van der Waals surface area contributed by atoms with Crippen molar-refractivity contribution in [3.05, 3.63) is 164 Å². The topological polar surface area (TPSA) is 51.8 Å². The van der Waals surface area contributed by atoms with Crippen LogP contribution in [0.25, 0.3) is 110 Å². The van der Waals surface area contributed by atoms with Gasteiger partial charge in [0.25, 0.3) is 0 Å². The van der Waals surface area contributed by atoms with Crippen molar-refractivity contribution in [3.8, 4) is 33.5 Å². The van der Waals surface area contributed by atoms with Crippen molar-refractivity contribution in [3.63, 3.8) is 0 Å². The quantitative estimate of drug-likeness (QED) is 0.179. The number of rotatable bonds is 3. The number of hydrogen-bond acceptors (Lipinski definition) is 4. The molecule has 0 aliphatic heterocycles. The molecule has 0 N–H and O–H groups in total. The van der Waals surface area contributed by atoms with Crippen LogP contribution in [-0.4, -0.2) is 15.0 Å². The van der Waals surface area contributed by atoms with Crippen LogP contribution >= 0.6 is 0 Å². The van der Waals surface area contributed by atoms with E-state index in [-0.39, 0.29) is 0 Å². The van der Waals surface area contributed by atoms with E-state index in [1.165, 1.54) is 21.9 Å². The molecule has 0 saturated heterocycles. The molecule has 0 aliphatic rings. The molecule has 4 aromatic heterocycles. The third kappa shape index (κ3) is 4.17. The summed E-state index contributed by atoms with van der Waals surface area (Å²) in [6.07, 6.45) is 3.74. The summed E-state index contributed by atoms with van der Waals surface area (Å²) in [5.41, 5.74) is 11.2. The molecule has 7 aromatic carbocycles. The average molecular weight is 650 g/mol. The first-order valence-corrected chi connectivity index (χ1v) is 17.2. The molecule has 0 aliphatic carbocycles. The van der Waals surface area contributed by atoms with Gasteiger partial charge in [-0.05, 0) is 69.4 Å². The molecule has 0 saturated carbocycles. The summed E-state index contributed by atoms with van der Waals surface area (Å²) < 4.78 is 6.57. The van der Waals surface area contributed by atoms with Crippen molar-refractivity contribution in [2.45, 2.75) is 0 Å². The van der Waals surface area contributed by atoms with Gasteiger partial charge in [-0.15, -0.1) is 0 Å². The Bertz CT molecular complexity index is 3210. The minimum absolute atomic E-state index is 0.893. The van der Waals surface area contributed by atoms with Crippen LogP contribution in [0.5, 0.6) is 0 Å². The zero-order valence-electron chi connectivity index (χ0n) is 27.3. The maximum Gasteiger partial charge on any atom is 0.144 e. The summed E-state index contributed by atoms with van der Waals surface area (Å²) in [4.78, 5) is 14.7. The van der Waals surface area contributed by atoms with E-state index in [2.05, 4.69) is 138 Å². The van der Waals surface area contributed by atoms with Crippen molar-refractivity contribution >= 4 is 76.2 Å². The van der Waals surface area contributed by atoms with E-state index in [9.17, 15) is 0 Å². The van der Waals surface area contributed by atoms with Crippen molar-refractivity contribution in [2.24, 2.45) is 0 Å². The molecular formula is C47H27N3O. The van der Waals surface area contributed by atoms with Crippen LogP contribution in [0, 0.1) is 0 Å². The molecule has 236 valence electrons. The van der Waals surface area contributed by atoms with E-state index < -0.39 is 0 Å². The van der Waals surface area contributed by atoms with Crippen LogP contribution in [0.1, 0.15) is 0 Å². The van der Waals surface area contributed by atoms with Gasteiger partial charge in [0.1, 0.15) is 11.2 Å². The lowest BCUT2D eigenvalue weighted by Crippen LogP contribution is -1.92. The van der Waals surface area contributed by atoms with Gasteiger partial charge in [0.2, 0.25) is 0 Å². The number of hydrogen-bond donors (Lipinski definition) is 0. The number of para-hydroxylation sites is 2. The molecular weight excluding hydrogens is 623 g/mol. The van der Waals surface area contributed by atoms with Crippen LogP contribution in [-0.2, 0) is 0 Å². The Kier molecular flexibility index (Phi) is 5.92. The molecule has 4 nitrogen and oxygen atoms in total. The number of aromatic nitrogens is 3. The molecule has 11 rings (SSSR count). The summed E-state index contributed by atoms with van der Waals surface area (Å²) >= 11 is 0. The summed E-state index contributed by atoms with van der Waals surface area (Å²) in [6.45, 7) is 0.